The summed E-state index contributed by atoms with van der Waals surface area (Å²) in [7, 11) is -3.86. The highest BCUT2D eigenvalue weighted by Crippen LogP contribution is 2.26. The number of hydrogen-bond donors (Lipinski definition) is 1. The SMILES string of the molecule is CC(C)NC(=O)COC(=O)c1ccc(Cl)c(S(=O)(=O)N2CCOCC2)c1. The van der Waals surface area contributed by atoms with E-state index >= 15 is 0 Å². The van der Waals surface area contributed by atoms with Gasteiger partial charge in [0.2, 0.25) is 10.0 Å². The fourth-order valence-electron chi connectivity index (χ4n) is 2.33. The molecule has 1 heterocycles. The predicted molar refractivity (Wildman–Crippen MR) is 94.6 cm³/mol. The molecule has 1 N–H and O–H groups in total. The Balaban J connectivity index is 2.16. The number of rotatable bonds is 6. The molecule has 0 aromatic heterocycles. The second-order valence-electron chi connectivity index (χ2n) is 5.96. The van der Waals surface area contributed by atoms with Gasteiger partial charge < -0.3 is 14.8 Å². The lowest BCUT2D eigenvalue weighted by Gasteiger charge is -2.26. The molecule has 1 saturated heterocycles. The molecule has 0 radical (unpaired) electrons. The Hall–Kier alpha value is -1.68. The van der Waals surface area contributed by atoms with Crippen molar-refractivity contribution in [2.75, 3.05) is 32.9 Å². The molecule has 26 heavy (non-hydrogen) atoms. The first kappa shape index (κ1) is 20.6. The molecule has 1 aromatic carbocycles. The van der Waals surface area contributed by atoms with Crippen molar-refractivity contribution in [2.45, 2.75) is 24.8 Å². The molecule has 0 atom stereocenters. The fraction of sp³-hybridized carbons (Fsp3) is 0.500. The van der Waals surface area contributed by atoms with Crippen molar-refractivity contribution in [2.24, 2.45) is 0 Å². The number of halogens is 1. The Kier molecular flexibility index (Phi) is 6.99. The van der Waals surface area contributed by atoms with E-state index in [0.29, 0.717) is 13.2 Å². The fourth-order valence-corrected chi connectivity index (χ4v) is 4.24. The Morgan fingerprint density at radius 1 is 1.31 bits per heavy atom. The summed E-state index contributed by atoms with van der Waals surface area (Å²) >= 11 is 6.04. The molecule has 10 heteroatoms. The van der Waals surface area contributed by atoms with Gasteiger partial charge in [0.05, 0.1) is 23.8 Å². The van der Waals surface area contributed by atoms with Gasteiger partial charge in [0, 0.05) is 19.1 Å². The van der Waals surface area contributed by atoms with Crippen molar-refractivity contribution in [1.29, 1.82) is 0 Å². The van der Waals surface area contributed by atoms with Crippen LogP contribution in [0.3, 0.4) is 0 Å². The van der Waals surface area contributed by atoms with Crippen molar-refractivity contribution < 1.29 is 27.5 Å². The first-order valence-corrected chi connectivity index (χ1v) is 9.87. The molecule has 0 spiro atoms. The van der Waals surface area contributed by atoms with Crippen LogP contribution in [0.1, 0.15) is 24.2 Å². The smallest absolute Gasteiger partial charge is 0.338 e. The Bertz CT molecular complexity index is 775. The maximum absolute atomic E-state index is 12.7. The monoisotopic (exact) mass is 404 g/mol. The van der Waals surface area contributed by atoms with E-state index < -0.39 is 28.5 Å². The lowest BCUT2D eigenvalue weighted by atomic mass is 10.2. The summed E-state index contributed by atoms with van der Waals surface area (Å²) in [5.74, 6) is -1.25. The number of benzene rings is 1. The normalized spacial score (nSPS) is 15.7. The first-order valence-electron chi connectivity index (χ1n) is 8.05. The summed E-state index contributed by atoms with van der Waals surface area (Å²) in [5.41, 5.74) is -0.00131. The number of sulfonamides is 1. The average molecular weight is 405 g/mol. The number of amides is 1. The topological polar surface area (TPSA) is 102 Å². The molecule has 0 saturated carbocycles. The average Bonchev–Trinajstić information content (AvgIpc) is 2.60. The Labute approximate surface area is 157 Å². The summed E-state index contributed by atoms with van der Waals surface area (Å²) in [6.07, 6.45) is 0. The second-order valence-corrected chi connectivity index (χ2v) is 8.27. The molecule has 2 rings (SSSR count). The summed E-state index contributed by atoms with van der Waals surface area (Å²) in [6.45, 7) is 4.12. The molecule has 1 aliphatic rings. The highest BCUT2D eigenvalue weighted by molar-refractivity contribution is 7.89. The van der Waals surface area contributed by atoms with Gasteiger partial charge in [0.25, 0.3) is 5.91 Å². The van der Waals surface area contributed by atoms with E-state index in [0.717, 1.165) is 6.07 Å². The van der Waals surface area contributed by atoms with Gasteiger partial charge in [-0.25, -0.2) is 13.2 Å². The molecule has 1 aliphatic heterocycles. The van der Waals surface area contributed by atoms with E-state index in [-0.39, 0.29) is 34.6 Å². The number of carbonyl (C=O) groups excluding carboxylic acids is 2. The summed E-state index contributed by atoms with van der Waals surface area (Å²) in [6, 6.07) is 3.75. The Morgan fingerprint density at radius 3 is 2.58 bits per heavy atom. The first-order chi connectivity index (χ1) is 12.2. The van der Waals surface area contributed by atoms with Crippen molar-refractivity contribution >= 4 is 33.5 Å². The van der Waals surface area contributed by atoms with Crippen molar-refractivity contribution in [3.8, 4) is 0 Å². The van der Waals surface area contributed by atoms with Crippen molar-refractivity contribution in [3.63, 3.8) is 0 Å². The molecule has 1 fully saturated rings. The van der Waals surface area contributed by atoms with E-state index in [1.54, 1.807) is 13.8 Å². The number of nitrogens with one attached hydrogen (secondary N) is 1. The van der Waals surface area contributed by atoms with Crippen LogP contribution in [0.15, 0.2) is 23.1 Å². The minimum atomic E-state index is -3.86. The number of carbonyl (C=O) groups is 2. The molecule has 1 aromatic rings. The van der Waals surface area contributed by atoms with Crippen LogP contribution in [0.2, 0.25) is 5.02 Å². The van der Waals surface area contributed by atoms with Gasteiger partial charge in [-0.15, -0.1) is 0 Å². The predicted octanol–water partition coefficient (Wildman–Crippen LogP) is 1.04. The number of ether oxygens (including phenoxy) is 2. The van der Waals surface area contributed by atoms with E-state index in [4.69, 9.17) is 21.1 Å². The third kappa shape index (κ3) is 5.16. The quantitative estimate of drug-likeness (QED) is 0.711. The van der Waals surface area contributed by atoms with E-state index in [2.05, 4.69) is 5.32 Å². The summed E-state index contributed by atoms with van der Waals surface area (Å²) < 4.78 is 36.8. The molecular weight excluding hydrogens is 384 g/mol. The van der Waals surface area contributed by atoms with Crippen LogP contribution in [-0.4, -0.2) is 63.6 Å². The number of hydrogen-bond acceptors (Lipinski definition) is 6. The van der Waals surface area contributed by atoms with Gasteiger partial charge in [0.1, 0.15) is 4.90 Å². The highest BCUT2D eigenvalue weighted by Gasteiger charge is 2.29. The number of esters is 1. The zero-order valence-electron chi connectivity index (χ0n) is 14.5. The van der Waals surface area contributed by atoms with E-state index in [1.807, 2.05) is 0 Å². The molecule has 0 bridgehead atoms. The van der Waals surface area contributed by atoms with Crippen LogP contribution in [0, 0.1) is 0 Å². The van der Waals surface area contributed by atoms with Crippen LogP contribution in [-0.2, 0) is 24.3 Å². The number of morpholine rings is 1. The van der Waals surface area contributed by atoms with Crippen LogP contribution in [0.25, 0.3) is 0 Å². The third-order valence-electron chi connectivity index (χ3n) is 3.54. The van der Waals surface area contributed by atoms with Gasteiger partial charge in [-0.05, 0) is 32.0 Å². The van der Waals surface area contributed by atoms with Gasteiger partial charge in [-0.1, -0.05) is 11.6 Å². The molecule has 144 valence electrons. The van der Waals surface area contributed by atoms with Crippen molar-refractivity contribution in [1.82, 2.24) is 9.62 Å². The zero-order valence-corrected chi connectivity index (χ0v) is 16.1. The molecule has 0 aliphatic carbocycles. The molecule has 8 nitrogen and oxygen atoms in total. The lowest BCUT2D eigenvalue weighted by molar-refractivity contribution is -0.124. The van der Waals surface area contributed by atoms with Crippen LogP contribution < -0.4 is 5.32 Å². The summed E-state index contributed by atoms with van der Waals surface area (Å²) in [4.78, 5) is 23.5. The summed E-state index contributed by atoms with van der Waals surface area (Å²) in [5, 5.41) is 2.59. The largest absolute Gasteiger partial charge is 0.452 e. The Morgan fingerprint density at radius 2 is 1.96 bits per heavy atom. The maximum Gasteiger partial charge on any atom is 0.338 e. The van der Waals surface area contributed by atoms with Gasteiger partial charge >= 0.3 is 5.97 Å². The third-order valence-corrected chi connectivity index (χ3v) is 5.92. The minimum Gasteiger partial charge on any atom is -0.452 e. The van der Waals surface area contributed by atoms with Crippen LogP contribution in [0.4, 0.5) is 0 Å². The minimum absolute atomic E-state index is 0.00131. The molecule has 1 amide bonds. The van der Waals surface area contributed by atoms with Gasteiger partial charge in [-0.2, -0.15) is 4.31 Å². The zero-order chi connectivity index (χ0) is 19.3. The molecular formula is C16H21ClN2O6S. The van der Waals surface area contributed by atoms with Crippen LogP contribution in [0.5, 0.6) is 0 Å². The van der Waals surface area contributed by atoms with Gasteiger partial charge in [-0.3, -0.25) is 4.79 Å². The number of nitrogens with zero attached hydrogens (tertiary/aromatic N) is 1. The van der Waals surface area contributed by atoms with E-state index in [1.165, 1.54) is 16.4 Å². The maximum atomic E-state index is 12.7. The lowest BCUT2D eigenvalue weighted by Crippen LogP contribution is -2.40. The van der Waals surface area contributed by atoms with Gasteiger partial charge in [0.15, 0.2) is 6.61 Å². The van der Waals surface area contributed by atoms with Crippen LogP contribution >= 0.6 is 11.6 Å². The molecule has 0 unspecified atom stereocenters. The van der Waals surface area contributed by atoms with E-state index in [9.17, 15) is 18.0 Å². The van der Waals surface area contributed by atoms with Crippen molar-refractivity contribution in [3.05, 3.63) is 28.8 Å². The highest BCUT2D eigenvalue weighted by atomic mass is 35.5. The standard InChI is InChI=1S/C16H21ClN2O6S/c1-11(2)18-15(20)10-25-16(21)12-3-4-13(17)14(9-12)26(22,23)19-5-7-24-8-6-19/h3-4,9,11H,5-8,10H2,1-2H3,(H,18,20). The second kappa shape index (κ2) is 8.81.